The van der Waals surface area contributed by atoms with E-state index in [1.807, 2.05) is 55.5 Å². The number of benzene rings is 2. The first-order valence-electron chi connectivity index (χ1n) is 12.1. The van der Waals surface area contributed by atoms with E-state index in [1.54, 1.807) is 12.0 Å². The fourth-order valence-corrected chi connectivity index (χ4v) is 3.63. The van der Waals surface area contributed by atoms with Crippen LogP contribution in [0.15, 0.2) is 48.5 Å². The van der Waals surface area contributed by atoms with Crippen LogP contribution in [0.2, 0.25) is 0 Å². The Morgan fingerprint density at radius 1 is 0.971 bits per heavy atom. The van der Waals surface area contributed by atoms with Crippen molar-refractivity contribution >= 4 is 11.8 Å². The molecule has 186 valence electrons. The monoisotopic (exact) mass is 468 g/mol. The van der Waals surface area contributed by atoms with Gasteiger partial charge in [0.15, 0.2) is 6.61 Å². The van der Waals surface area contributed by atoms with Crippen molar-refractivity contribution in [3.63, 3.8) is 0 Å². The number of hydrogen-bond donors (Lipinski definition) is 1. The zero-order chi connectivity index (χ0) is 25.1. The minimum Gasteiger partial charge on any atom is -0.497 e. The van der Waals surface area contributed by atoms with Crippen molar-refractivity contribution in [1.29, 1.82) is 0 Å². The average Bonchev–Trinajstić information content (AvgIpc) is 2.82. The lowest BCUT2D eigenvalue weighted by atomic mass is 9.87. The van der Waals surface area contributed by atoms with Gasteiger partial charge in [0.1, 0.15) is 17.5 Å². The van der Waals surface area contributed by atoms with E-state index >= 15 is 0 Å². The van der Waals surface area contributed by atoms with E-state index in [9.17, 15) is 9.59 Å². The normalized spacial score (nSPS) is 12.1. The zero-order valence-electron chi connectivity index (χ0n) is 21.5. The summed E-state index contributed by atoms with van der Waals surface area (Å²) >= 11 is 0. The van der Waals surface area contributed by atoms with E-state index in [0.29, 0.717) is 25.3 Å². The Hall–Kier alpha value is -3.02. The van der Waals surface area contributed by atoms with Gasteiger partial charge in [-0.05, 0) is 53.6 Å². The summed E-state index contributed by atoms with van der Waals surface area (Å²) in [6, 6.07) is 14.8. The van der Waals surface area contributed by atoms with Crippen LogP contribution in [-0.2, 0) is 21.5 Å². The van der Waals surface area contributed by atoms with Crippen molar-refractivity contribution in [3.8, 4) is 11.5 Å². The van der Waals surface area contributed by atoms with Gasteiger partial charge in [0.2, 0.25) is 5.91 Å². The summed E-state index contributed by atoms with van der Waals surface area (Å²) in [7, 11) is 1.62. The number of nitrogens with zero attached hydrogens (tertiary/aromatic N) is 1. The molecule has 6 nitrogen and oxygen atoms in total. The Morgan fingerprint density at radius 2 is 1.59 bits per heavy atom. The van der Waals surface area contributed by atoms with Gasteiger partial charge in [0.05, 0.1) is 7.11 Å². The summed E-state index contributed by atoms with van der Waals surface area (Å²) < 4.78 is 11.1. The smallest absolute Gasteiger partial charge is 0.261 e. The van der Waals surface area contributed by atoms with Crippen molar-refractivity contribution in [2.75, 3.05) is 20.3 Å². The van der Waals surface area contributed by atoms with E-state index in [-0.39, 0.29) is 23.8 Å². The van der Waals surface area contributed by atoms with Crippen LogP contribution in [0.3, 0.4) is 0 Å². The molecule has 2 aromatic rings. The molecule has 0 aliphatic carbocycles. The maximum Gasteiger partial charge on any atom is 0.261 e. The molecular weight excluding hydrogens is 428 g/mol. The molecule has 0 aromatic heterocycles. The van der Waals surface area contributed by atoms with Gasteiger partial charge in [-0.3, -0.25) is 9.59 Å². The second kappa shape index (κ2) is 13.0. The number of amides is 2. The second-order valence-electron chi connectivity index (χ2n) is 9.50. The van der Waals surface area contributed by atoms with Gasteiger partial charge in [0.25, 0.3) is 5.91 Å². The van der Waals surface area contributed by atoms with E-state index in [1.165, 1.54) is 5.56 Å². The molecule has 0 bridgehead atoms. The summed E-state index contributed by atoms with van der Waals surface area (Å²) in [6.07, 6.45) is 2.41. The average molecular weight is 469 g/mol. The number of nitrogens with one attached hydrogen (secondary N) is 1. The minimum absolute atomic E-state index is 0.0446. The lowest BCUT2D eigenvalue weighted by molar-refractivity contribution is -0.143. The van der Waals surface area contributed by atoms with E-state index in [2.05, 4.69) is 33.0 Å². The fourth-order valence-electron chi connectivity index (χ4n) is 3.63. The topological polar surface area (TPSA) is 67.9 Å². The summed E-state index contributed by atoms with van der Waals surface area (Å²) in [4.78, 5) is 27.8. The van der Waals surface area contributed by atoms with Gasteiger partial charge in [-0.15, -0.1) is 0 Å². The quantitative estimate of drug-likeness (QED) is 0.440. The predicted molar refractivity (Wildman–Crippen MR) is 136 cm³/mol. The molecule has 34 heavy (non-hydrogen) atoms. The lowest BCUT2D eigenvalue weighted by Gasteiger charge is -2.30. The molecule has 1 atom stereocenters. The highest BCUT2D eigenvalue weighted by atomic mass is 16.5. The molecule has 0 saturated carbocycles. The number of carbonyl (C=O) groups is 2. The third-order valence-electron chi connectivity index (χ3n) is 5.81. The van der Waals surface area contributed by atoms with Crippen LogP contribution in [0.5, 0.6) is 11.5 Å². The van der Waals surface area contributed by atoms with Crippen LogP contribution in [0, 0.1) is 0 Å². The molecular formula is C28H40N2O4. The highest BCUT2D eigenvalue weighted by Crippen LogP contribution is 2.24. The SMILES string of the molecule is CCCCNC(=O)[C@@H](CC)N(Cc1ccc(OC)cc1)C(=O)COc1ccc(C(C)(C)C)cc1. The molecule has 6 heteroatoms. The first-order chi connectivity index (χ1) is 16.2. The van der Waals surface area contributed by atoms with Crippen molar-refractivity contribution < 1.29 is 19.1 Å². The highest BCUT2D eigenvalue weighted by Gasteiger charge is 2.29. The Balaban J connectivity index is 2.16. The van der Waals surface area contributed by atoms with E-state index in [4.69, 9.17) is 9.47 Å². The molecule has 2 aromatic carbocycles. The molecule has 0 spiro atoms. The summed E-state index contributed by atoms with van der Waals surface area (Å²) in [5.41, 5.74) is 2.16. The molecule has 2 amide bonds. The van der Waals surface area contributed by atoms with Gasteiger partial charge in [-0.25, -0.2) is 0 Å². The molecule has 0 unspecified atom stereocenters. The Labute approximate surface area is 204 Å². The van der Waals surface area contributed by atoms with E-state index < -0.39 is 6.04 Å². The van der Waals surface area contributed by atoms with Gasteiger partial charge >= 0.3 is 0 Å². The molecule has 0 heterocycles. The Bertz CT molecular complexity index is 901. The molecule has 0 saturated heterocycles. The lowest BCUT2D eigenvalue weighted by Crippen LogP contribution is -2.50. The Kier molecular flexibility index (Phi) is 10.4. The van der Waals surface area contributed by atoms with E-state index in [0.717, 1.165) is 24.2 Å². The molecule has 1 N–H and O–H groups in total. The zero-order valence-corrected chi connectivity index (χ0v) is 21.5. The second-order valence-corrected chi connectivity index (χ2v) is 9.50. The van der Waals surface area contributed by atoms with Crippen LogP contribution < -0.4 is 14.8 Å². The number of hydrogen-bond acceptors (Lipinski definition) is 4. The first kappa shape index (κ1) is 27.2. The van der Waals surface area contributed by atoms with Crippen LogP contribution >= 0.6 is 0 Å². The number of rotatable bonds is 12. The molecule has 2 rings (SSSR count). The molecule has 0 fully saturated rings. The summed E-state index contributed by atoms with van der Waals surface area (Å²) in [5.74, 6) is 1.01. The standard InChI is InChI=1S/C28H40N2O4/c1-7-9-18-29-27(32)25(8-2)30(19-21-10-14-23(33-6)15-11-21)26(31)20-34-24-16-12-22(13-17-24)28(3,4)5/h10-17,25H,7-9,18-20H2,1-6H3,(H,29,32)/t25-/m1/s1. The van der Waals surface area contributed by atoms with Gasteiger partial charge < -0.3 is 19.7 Å². The van der Waals surface area contributed by atoms with Crippen LogP contribution in [0.4, 0.5) is 0 Å². The van der Waals surface area contributed by atoms with Crippen LogP contribution in [0.1, 0.15) is 65.0 Å². The highest BCUT2D eigenvalue weighted by molar-refractivity contribution is 5.88. The number of carbonyl (C=O) groups excluding carboxylic acids is 2. The van der Waals surface area contributed by atoms with Crippen molar-refractivity contribution in [1.82, 2.24) is 10.2 Å². The van der Waals surface area contributed by atoms with Crippen molar-refractivity contribution in [3.05, 3.63) is 59.7 Å². The minimum atomic E-state index is -0.571. The molecule has 0 aliphatic heterocycles. The van der Waals surface area contributed by atoms with Crippen LogP contribution in [-0.4, -0.2) is 43.0 Å². The largest absolute Gasteiger partial charge is 0.497 e. The van der Waals surface area contributed by atoms with Crippen molar-refractivity contribution in [2.45, 2.75) is 71.9 Å². The number of methoxy groups -OCH3 is 1. The first-order valence-corrected chi connectivity index (χ1v) is 12.1. The number of ether oxygens (including phenoxy) is 2. The predicted octanol–water partition coefficient (Wildman–Crippen LogP) is 5.10. The molecule has 0 radical (unpaired) electrons. The van der Waals surface area contributed by atoms with Gasteiger partial charge in [0, 0.05) is 13.1 Å². The number of unbranched alkanes of at least 4 members (excludes halogenated alkanes) is 1. The Morgan fingerprint density at radius 3 is 2.12 bits per heavy atom. The van der Waals surface area contributed by atoms with Gasteiger partial charge in [-0.1, -0.05) is 65.3 Å². The van der Waals surface area contributed by atoms with Crippen LogP contribution in [0.25, 0.3) is 0 Å². The maximum absolute atomic E-state index is 13.3. The molecule has 0 aliphatic rings. The third-order valence-corrected chi connectivity index (χ3v) is 5.81. The van der Waals surface area contributed by atoms with Gasteiger partial charge in [-0.2, -0.15) is 0 Å². The van der Waals surface area contributed by atoms with Crippen molar-refractivity contribution in [2.24, 2.45) is 0 Å². The third kappa shape index (κ3) is 8.08. The fraction of sp³-hybridized carbons (Fsp3) is 0.500. The maximum atomic E-state index is 13.3. The summed E-state index contributed by atoms with van der Waals surface area (Å²) in [5, 5.41) is 2.97. The summed E-state index contributed by atoms with van der Waals surface area (Å²) in [6.45, 7) is 11.2.